The van der Waals surface area contributed by atoms with Crippen LogP contribution in [-0.2, 0) is 13.6 Å². The minimum absolute atomic E-state index is 0.278. The van der Waals surface area contributed by atoms with E-state index in [9.17, 15) is 4.39 Å². The zero-order valence-electron chi connectivity index (χ0n) is 12.4. The SMILES string of the molecule is CC(C)[C@@H](C)NCc1nc(-c2ccnn2C)ccc1F. The van der Waals surface area contributed by atoms with Crippen molar-refractivity contribution in [2.24, 2.45) is 13.0 Å². The lowest BCUT2D eigenvalue weighted by Crippen LogP contribution is -2.30. The van der Waals surface area contributed by atoms with Crippen molar-refractivity contribution in [3.63, 3.8) is 0 Å². The molecular weight excluding hydrogens is 255 g/mol. The third-order valence-corrected chi connectivity index (χ3v) is 3.59. The maximum Gasteiger partial charge on any atom is 0.146 e. The molecule has 0 aliphatic rings. The van der Waals surface area contributed by atoms with Crippen LogP contribution in [0.2, 0.25) is 0 Å². The number of pyridine rings is 1. The average Bonchev–Trinajstić information content (AvgIpc) is 2.83. The Morgan fingerprint density at radius 1 is 1.25 bits per heavy atom. The van der Waals surface area contributed by atoms with Gasteiger partial charge in [0.25, 0.3) is 0 Å². The monoisotopic (exact) mass is 276 g/mol. The zero-order chi connectivity index (χ0) is 14.7. The van der Waals surface area contributed by atoms with Crippen molar-refractivity contribution in [1.29, 1.82) is 0 Å². The number of nitrogens with zero attached hydrogens (tertiary/aromatic N) is 3. The van der Waals surface area contributed by atoms with Crippen molar-refractivity contribution < 1.29 is 4.39 Å². The molecule has 20 heavy (non-hydrogen) atoms. The van der Waals surface area contributed by atoms with Crippen LogP contribution in [0, 0.1) is 11.7 Å². The predicted octanol–water partition coefficient (Wildman–Crippen LogP) is 2.76. The van der Waals surface area contributed by atoms with Crippen molar-refractivity contribution in [1.82, 2.24) is 20.1 Å². The Morgan fingerprint density at radius 3 is 2.60 bits per heavy atom. The first-order valence-electron chi connectivity index (χ1n) is 6.86. The van der Waals surface area contributed by atoms with E-state index in [2.05, 4.69) is 36.2 Å². The Morgan fingerprint density at radius 2 is 2.00 bits per heavy atom. The summed E-state index contributed by atoms with van der Waals surface area (Å²) in [7, 11) is 1.85. The van der Waals surface area contributed by atoms with E-state index in [-0.39, 0.29) is 5.82 Å². The van der Waals surface area contributed by atoms with Crippen LogP contribution >= 0.6 is 0 Å². The molecule has 108 valence electrons. The summed E-state index contributed by atoms with van der Waals surface area (Å²) in [6.45, 7) is 6.78. The summed E-state index contributed by atoms with van der Waals surface area (Å²) >= 11 is 0. The average molecular weight is 276 g/mol. The maximum absolute atomic E-state index is 13.8. The fourth-order valence-corrected chi connectivity index (χ4v) is 1.87. The van der Waals surface area contributed by atoms with Gasteiger partial charge in [-0.1, -0.05) is 13.8 Å². The van der Waals surface area contributed by atoms with Crippen molar-refractivity contribution in [2.75, 3.05) is 0 Å². The van der Waals surface area contributed by atoms with Crippen LogP contribution in [0.15, 0.2) is 24.4 Å². The van der Waals surface area contributed by atoms with E-state index < -0.39 is 0 Å². The number of aryl methyl sites for hydroxylation is 1. The molecule has 0 saturated heterocycles. The molecule has 0 bridgehead atoms. The number of hydrogen-bond acceptors (Lipinski definition) is 3. The molecule has 0 unspecified atom stereocenters. The molecule has 1 atom stereocenters. The first-order chi connectivity index (χ1) is 9.49. The van der Waals surface area contributed by atoms with Gasteiger partial charge in [0.2, 0.25) is 0 Å². The molecule has 0 fully saturated rings. The molecule has 0 spiro atoms. The summed E-state index contributed by atoms with van der Waals surface area (Å²) in [5.74, 6) is 0.220. The third kappa shape index (κ3) is 3.22. The van der Waals surface area contributed by atoms with E-state index in [1.165, 1.54) is 6.07 Å². The quantitative estimate of drug-likeness (QED) is 0.913. The van der Waals surface area contributed by atoms with Gasteiger partial charge in [0.15, 0.2) is 0 Å². The summed E-state index contributed by atoms with van der Waals surface area (Å²) in [6, 6.07) is 5.33. The smallest absolute Gasteiger partial charge is 0.146 e. The molecule has 2 rings (SSSR count). The minimum atomic E-state index is -0.278. The zero-order valence-corrected chi connectivity index (χ0v) is 12.4. The van der Waals surface area contributed by atoms with Gasteiger partial charge in [-0.05, 0) is 31.0 Å². The molecule has 2 aromatic heterocycles. The van der Waals surface area contributed by atoms with Gasteiger partial charge < -0.3 is 5.32 Å². The van der Waals surface area contributed by atoms with Crippen LogP contribution in [0.5, 0.6) is 0 Å². The Labute approximate surface area is 119 Å². The minimum Gasteiger partial charge on any atom is -0.308 e. The van der Waals surface area contributed by atoms with Crippen molar-refractivity contribution in [3.8, 4) is 11.4 Å². The second-order valence-corrected chi connectivity index (χ2v) is 5.38. The highest BCUT2D eigenvalue weighted by molar-refractivity contribution is 5.54. The first-order valence-corrected chi connectivity index (χ1v) is 6.86. The molecule has 0 radical (unpaired) electrons. The lowest BCUT2D eigenvalue weighted by Gasteiger charge is -2.17. The highest BCUT2D eigenvalue weighted by Gasteiger charge is 2.12. The topological polar surface area (TPSA) is 42.7 Å². The van der Waals surface area contributed by atoms with Crippen molar-refractivity contribution >= 4 is 0 Å². The molecule has 0 amide bonds. The van der Waals surface area contributed by atoms with Crippen LogP contribution in [0.3, 0.4) is 0 Å². The van der Waals surface area contributed by atoms with Gasteiger partial charge >= 0.3 is 0 Å². The molecular formula is C15H21FN4. The lowest BCUT2D eigenvalue weighted by atomic mass is 10.1. The van der Waals surface area contributed by atoms with Crippen LogP contribution in [0.1, 0.15) is 26.5 Å². The standard InChI is InChI=1S/C15H21FN4/c1-10(2)11(3)17-9-14-12(16)5-6-13(19-14)15-7-8-18-20(15)4/h5-8,10-11,17H,9H2,1-4H3/t11-/m1/s1. The number of hydrogen-bond donors (Lipinski definition) is 1. The van der Waals surface area contributed by atoms with Crippen LogP contribution in [0.25, 0.3) is 11.4 Å². The van der Waals surface area contributed by atoms with Gasteiger partial charge in [0, 0.05) is 25.8 Å². The van der Waals surface area contributed by atoms with E-state index in [1.807, 2.05) is 13.1 Å². The summed E-state index contributed by atoms with van der Waals surface area (Å²) in [6.07, 6.45) is 1.71. The van der Waals surface area contributed by atoms with E-state index in [0.717, 1.165) is 11.4 Å². The number of aromatic nitrogens is 3. The Bertz CT molecular complexity index is 577. The number of halogens is 1. The van der Waals surface area contributed by atoms with Crippen LogP contribution in [-0.4, -0.2) is 20.8 Å². The molecule has 0 aromatic carbocycles. The molecule has 1 N–H and O–H groups in total. The van der Waals surface area contributed by atoms with Crippen LogP contribution in [0.4, 0.5) is 4.39 Å². The predicted molar refractivity (Wildman–Crippen MR) is 77.5 cm³/mol. The fraction of sp³-hybridized carbons (Fsp3) is 0.467. The number of rotatable bonds is 5. The summed E-state index contributed by atoms with van der Waals surface area (Å²) in [4.78, 5) is 4.41. The Kier molecular flexibility index (Phi) is 4.49. The summed E-state index contributed by atoms with van der Waals surface area (Å²) < 4.78 is 15.6. The first kappa shape index (κ1) is 14.7. The van der Waals surface area contributed by atoms with Crippen molar-refractivity contribution in [3.05, 3.63) is 35.9 Å². The van der Waals surface area contributed by atoms with E-state index in [0.29, 0.717) is 24.2 Å². The molecule has 0 aliphatic heterocycles. The van der Waals surface area contributed by atoms with Gasteiger partial charge in [-0.15, -0.1) is 0 Å². The molecule has 5 heteroatoms. The van der Waals surface area contributed by atoms with Gasteiger partial charge in [-0.3, -0.25) is 4.68 Å². The highest BCUT2D eigenvalue weighted by Crippen LogP contribution is 2.17. The molecule has 2 aromatic rings. The lowest BCUT2D eigenvalue weighted by molar-refractivity contribution is 0.418. The maximum atomic E-state index is 13.8. The molecule has 2 heterocycles. The summed E-state index contributed by atoms with van der Waals surface area (Å²) in [5, 5.41) is 7.41. The van der Waals surface area contributed by atoms with Gasteiger partial charge in [0.1, 0.15) is 5.82 Å². The van der Waals surface area contributed by atoms with E-state index in [1.54, 1.807) is 16.9 Å². The van der Waals surface area contributed by atoms with Gasteiger partial charge in [0.05, 0.1) is 17.1 Å². The Hall–Kier alpha value is -1.75. The normalized spacial score (nSPS) is 12.9. The Balaban J connectivity index is 2.19. The second-order valence-electron chi connectivity index (χ2n) is 5.38. The third-order valence-electron chi connectivity index (χ3n) is 3.59. The van der Waals surface area contributed by atoms with Gasteiger partial charge in [-0.2, -0.15) is 5.10 Å². The second kappa shape index (κ2) is 6.13. The van der Waals surface area contributed by atoms with Gasteiger partial charge in [-0.25, -0.2) is 9.37 Å². The largest absolute Gasteiger partial charge is 0.308 e. The summed E-state index contributed by atoms with van der Waals surface area (Å²) in [5.41, 5.74) is 2.06. The van der Waals surface area contributed by atoms with E-state index in [4.69, 9.17) is 0 Å². The van der Waals surface area contributed by atoms with E-state index >= 15 is 0 Å². The fourth-order valence-electron chi connectivity index (χ4n) is 1.87. The van der Waals surface area contributed by atoms with Crippen molar-refractivity contribution in [2.45, 2.75) is 33.4 Å². The molecule has 0 aliphatic carbocycles. The number of nitrogens with one attached hydrogen (secondary N) is 1. The van der Waals surface area contributed by atoms with Crippen LogP contribution < -0.4 is 5.32 Å². The molecule has 0 saturated carbocycles. The molecule has 4 nitrogen and oxygen atoms in total. The highest BCUT2D eigenvalue weighted by atomic mass is 19.1.